The quantitative estimate of drug-likeness (QED) is 0.213. The number of amides is 2. The van der Waals surface area contributed by atoms with Gasteiger partial charge in [0.2, 0.25) is 5.91 Å². The molecule has 0 aromatic carbocycles. The molecule has 6 nitrogen and oxygen atoms in total. The van der Waals surface area contributed by atoms with Crippen LogP contribution in [0.15, 0.2) is 0 Å². The molecule has 0 unspecified atom stereocenters. The van der Waals surface area contributed by atoms with Crippen molar-refractivity contribution in [2.75, 3.05) is 46.9 Å². The standard InChI is InChI=1S/C24H47N3O3/c1-4-5-6-7-8-9-10-11-12-13-14-15-20-27(2,3)25-23(28)16-17-24(29)26-18-21-30-22-19-26/h4-22H2,1-3H3/p+1. The number of rotatable bonds is 17. The van der Waals surface area contributed by atoms with E-state index in [1.165, 1.54) is 70.6 Å². The summed E-state index contributed by atoms with van der Waals surface area (Å²) in [6, 6.07) is 0. The fourth-order valence-corrected chi connectivity index (χ4v) is 3.99. The summed E-state index contributed by atoms with van der Waals surface area (Å²) in [6.07, 6.45) is 16.6. The zero-order valence-corrected chi connectivity index (χ0v) is 20.1. The molecule has 0 spiro atoms. The average molecular weight is 427 g/mol. The zero-order valence-electron chi connectivity index (χ0n) is 20.1. The maximum Gasteiger partial charge on any atom is 0.265 e. The van der Waals surface area contributed by atoms with E-state index in [0.29, 0.717) is 30.9 Å². The molecule has 1 saturated heterocycles. The third kappa shape index (κ3) is 14.0. The minimum atomic E-state index is -0.0412. The molecule has 1 fully saturated rings. The maximum atomic E-state index is 12.2. The van der Waals surface area contributed by atoms with Gasteiger partial charge in [0.1, 0.15) is 6.54 Å². The van der Waals surface area contributed by atoms with Gasteiger partial charge in [-0.1, -0.05) is 71.1 Å². The number of morpholine rings is 1. The first-order valence-electron chi connectivity index (χ1n) is 12.4. The highest BCUT2D eigenvalue weighted by atomic mass is 16.5. The van der Waals surface area contributed by atoms with Gasteiger partial charge in [-0.3, -0.25) is 9.59 Å². The van der Waals surface area contributed by atoms with Crippen LogP contribution in [-0.4, -0.2) is 68.2 Å². The van der Waals surface area contributed by atoms with E-state index >= 15 is 0 Å². The zero-order chi connectivity index (χ0) is 22.1. The molecule has 1 aliphatic heterocycles. The van der Waals surface area contributed by atoms with Gasteiger partial charge in [-0.05, 0) is 12.8 Å². The SMILES string of the molecule is CCCCCCCCCCCCCC[N+](C)(C)NC(=O)CCC(=O)N1CCOCC1. The molecule has 176 valence electrons. The summed E-state index contributed by atoms with van der Waals surface area (Å²) >= 11 is 0. The molecule has 0 aliphatic carbocycles. The first kappa shape index (κ1) is 26.9. The first-order chi connectivity index (χ1) is 14.4. The number of quaternary nitrogens is 1. The van der Waals surface area contributed by atoms with Gasteiger partial charge in [-0.2, -0.15) is 0 Å². The normalized spacial score (nSPS) is 14.7. The molecular weight excluding hydrogens is 378 g/mol. The van der Waals surface area contributed by atoms with Gasteiger partial charge < -0.3 is 9.64 Å². The molecule has 0 saturated carbocycles. The highest BCUT2D eigenvalue weighted by molar-refractivity contribution is 5.83. The Morgan fingerprint density at radius 3 is 1.83 bits per heavy atom. The van der Waals surface area contributed by atoms with E-state index in [4.69, 9.17) is 4.74 Å². The number of carbonyl (C=O) groups is 2. The van der Waals surface area contributed by atoms with Gasteiger partial charge in [0, 0.05) is 25.9 Å². The molecule has 0 atom stereocenters. The van der Waals surface area contributed by atoms with Crippen molar-refractivity contribution in [2.24, 2.45) is 0 Å². The molecule has 6 heteroatoms. The first-order valence-corrected chi connectivity index (χ1v) is 12.4. The van der Waals surface area contributed by atoms with Gasteiger partial charge in [-0.25, -0.2) is 10.0 Å². The lowest BCUT2D eigenvalue weighted by molar-refractivity contribution is -0.925. The topological polar surface area (TPSA) is 58.6 Å². The lowest BCUT2D eigenvalue weighted by Crippen LogP contribution is -2.55. The molecular formula is C24H48N3O3+. The third-order valence-electron chi connectivity index (χ3n) is 5.93. The smallest absolute Gasteiger partial charge is 0.265 e. The number of ether oxygens (including phenoxy) is 1. The lowest BCUT2D eigenvalue weighted by atomic mass is 10.1. The van der Waals surface area contributed by atoms with Gasteiger partial charge in [-0.15, -0.1) is 0 Å². The fraction of sp³-hybridized carbons (Fsp3) is 0.917. The number of hydrogen-bond donors (Lipinski definition) is 1. The Hall–Kier alpha value is -1.14. The van der Waals surface area contributed by atoms with Crippen LogP contribution in [0, 0.1) is 0 Å². The van der Waals surface area contributed by atoms with Crippen LogP contribution in [0.3, 0.4) is 0 Å². The van der Waals surface area contributed by atoms with Gasteiger partial charge in [0.15, 0.2) is 0 Å². The van der Waals surface area contributed by atoms with Crippen LogP contribution in [0.2, 0.25) is 0 Å². The van der Waals surface area contributed by atoms with E-state index < -0.39 is 0 Å². The minimum Gasteiger partial charge on any atom is -0.378 e. The fourth-order valence-electron chi connectivity index (χ4n) is 3.99. The number of carbonyl (C=O) groups excluding carboxylic acids is 2. The van der Waals surface area contributed by atoms with Crippen LogP contribution >= 0.6 is 0 Å². The molecule has 30 heavy (non-hydrogen) atoms. The Morgan fingerprint density at radius 1 is 0.800 bits per heavy atom. The molecule has 1 rings (SSSR count). The Labute approximate surface area is 185 Å². The lowest BCUT2D eigenvalue weighted by Gasteiger charge is -2.29. The van der Waals surface area contributed by atoms with Crippen molar-refractivity contribution in [2.45, 2.75) is 96.8 Å². The second-order valence-corrected chi connectivity index (χ2v) is 9.33. The predicted molar refractivity (Wildman–Crippen MR) is 123 cm³/mol. The summed E-state index contributed by atoms with van der Waals surface area (Å²) in [5.41, 5.74) is 3.06. The predicted octanol–water partition coefficient (Wildman–Crippen LogP) is 4.43. The molecule has 1 N–H and O–H groups in total. The molecule has 1 aliphatic rings. The number of nitrogens with one attached hydrogen (secondary N) is 1. The van der Waals surface area contributed by atoms with Crippen molar-refractivity contribution in [3.05, 3.63) is 0 Å². The van der Waals surface area contributed by atoms with Gasteiger partial charge >= 0.3 is 0 Å². The van der Waals surface area contributed by atoms with E-state index in [-0.39, 0.29) is 24.7 Å². The molecule has 0 bridgehead atoms. The van der Waals surface area contributed by atoms with E-state index in [1.54, 1.807) is 4.90 Å². The van der Waals surface area contributed by atoms with Crippen molar-refractivity contribution in [1.29, 1.82) is 0 Å². The van der Waals surface area contributed by atoms with Crippen LogP contribution in [-0.2, 0) is 14.3 Å². The Kier molecular flexibility index (Phi) is 14.8. The minimum absolute atomic E-state index is 0.0412. The number of nitrogens with zero attached hydrogens (tertiary/aromatic N) is 2. The van der Waals surface area contributed by atoms with Crippen molar-refractivity contribution in [1.82, 2.24) is 10.3 Å². The maximum absolute atomic E-state index is 12.2. The van der Waals surface area contributed by atoms with Crippen LogP contribution < -0.4 is 5.43 Å². The van der Waals surface area contributed by atoms with E-state index in [2.05, 4.69) is 12.3 Å². The summed E-state index contributed by atoms with van der Waals surface area (Å²) < 4.78 is 5.75. The van der Waals surface area contributed by atoms with Crippen molar-refractivity contribution < 1.29 is 18.9 Å². The molecule has 0 aromatic rings. The summed E-state index contributed by atoms with van der Waals surface area (Å²) in [4.78, 5) is 26.2. The highest BCUT2D eigenvalue weighted by Crippen LogP contribution is 2.12. The van der Waals surface area contributed by atoms with Gasteiger partial charge in [0.25, 0.3) is 5.91 Å². The molecule has 2 amide bonds. The monoisotopic (exact) mass is 426 g/mol. The van der Waals surface area contributed by atoms with Crippen LogP contribution in [0.4, 0.5) is 0 Å². The summed E-state index contributed by atoms with van der Waals surface area (Å²) in [7, 11) is 4.06. The van der Waals surface area contributed by atoms with Crippen LogP contribution in [0.25, 0.3) is 0 Å². The van der Waals surface area contributed by atoms with Crippen LogP contribution in [0.1, 0.15) is 96.8 Å². The summed E-state index contributed by atoms with van der Waals surface area (Å²) in [5.74, 6) is 0.0141. The summed E-state index contributed by atoms with van der Waals surface area (Å²) in [5, 5.41) is 0. The Morgan fingerprint density at radius 2 is 1.30 bits per heavy atom. The van der Waals surface area contributed by atoms with Crippen molar-refractivity contribution in [3.8, 4) is 0 Å². The molecule has 0 radical (unpaired) electrons. The van der Waals surface area contributed by atoms with Crippen molar-refractivity contribution >= 4 is 11.8 Å². The van der Waals surface area contributed by atoms with E-state index in [1.807, 2.05) is 14.1 Å². The Balaban J connectivity index is 1.99. The third-order valence-corrected chi connectivity index (χ3v) is 5.93. The Bertz CT molecular complexity index is 463. The second-order valence-electron chi connectivity index (χ2n) is 9.33. The number of hydrogen-bond acceptors (Lipinski definition) is 3. The summed E-state index contributed by atoms with van der Waals surface area (Å²) in [6.45, 7) is 5.67. The highest BCUT2D eigenvalue weighted by Gasteiger charge is 2.21. The van der Waals surface area contributed by atoms with E-state index in [9.17, 15) is 9.59 Å². The second kappa shape index (κ2) is 16.5. The molecule has 1 heterocycles. The van der Waals surface area contributed by atoms with E-state index in [0.717, 1.165) is 13.0 Å². The van der Waals surface area contributed by atoms with Gasteiger partial charge in [0.05, 0.1) is 27.3 Å². The number of unbranched alkanes of at least 4 members (excludes halogenated alkanes) is 11. The van der Waals surface area contributed by atoms with Crippen LogP contribution in [0.5, 0.6) is 0 Å². The molecule has 0 aromatic heterocycles. The largest absolute Gasteiger partial charge is 0.378 e. The average Bonchev–Trinajstić information content (AvgIpc) is 2.73. The van der Waals surface area contributed by atoms with Crippen molar-refractivity contribution in [3.63, 3.8) is 0 Å².